The summed E-state index contributed by atoms with van der Waals surface area (Å²) in [5.74, 6) is -1.43. The van der Waals surface area contributed by atoms with Crippen LogP contribution in [0.5, 0.6) is 0 Å². The smallest absolute Gasteiger partial charge is 0.418 e. The first-order valence-corrected chi connectivity index (χ1v) is 4.75. The average Bonchev–Trinajstić information content (AvgIpc) is 2.66. The summed E-state index contributed by atoms with van der Waals surface area (Å²) in [7, 11) is 0. The molecular formula is C11H6F3NO3. The minimum Gasteiger partial charge on any atom is -0.478 e. The Morgan fingerprint density at radius 3 is 2.72 bits per heavy atom. The molecule has 1 aromatic carbocycles. The molecule has 18 heavy (non-hydrogen) atoms. The summed E-state index contributed by atoms with van der Waals surface area (Å²) in [6.07, 6.45) is -2.81. The lowest BCUT2D eigenvalue weighted by molar-refractivity contribution is -0.136. The van der Waals surface area contributed by atoms with Gasteiger partial charge in [-0.05, 0) is 12.1 Å². The van der Waals surface area contributed by atoms with Gasteiger partial charge in [-0.25, -0.2) is 9.78 Å². The van der Waals surface area contributed by atoms with Crippen molar-refractivity contribution in [2.45, 2.75) is 6.18 Å². The molecule has 0 amide bonds. The molecule has 0 unspecified atom stereocenters. The molecule has 0 aliphatic rings. The van der Waals surface area contributed by atoms with E-state index >= 15 is 0 Å². The number of aromatic nitrogens is 1. The van der Waals surface area contributed by atoms with Gasteiger partial charge in [0, 0.05) is 12.2 Å². The van der Waals surface area contributed by atoms with Gasteiger partial charge in [-0.15, -0.1) is 0 Å². The van der Waals surface area contributed by atoms with Crippen LogP contribution in [0, 0.1) is 0 Å². The number of carboxylic acids is 1. The topological polar surface area (TPSA) is 63.3 Å². The maximum atomic E-state index is 12.6. The zero-order valence-corrected chi connectivity index (χ0v) is 8.73. The Morgan fingerprint density at radius 2 is 2.11 bits per heavy atom. The van der Waals surface area contributed by atoms with Gasteiger partial charge in [0.1, 0.15) is 5.52 Å². The van der Waals surface area contributed by atoms with Crippen molar-refractivity contribution in [3.63, 3.8) is 0 Å². The second kappa shape index (κ2) is 4.17. The molecule has 0 saturated heterocycles. The van der Waals surface area contributed by atoms with Crippen LogP contribution >= 0.6 is 0 Å². The molecule has 2 aromatic rings. The quantitative estimate of drug-likeness (QED) is 0.840. The third kappa shape index (κ3) is 2.34. The molecule has 1 heterocycles. The third-order valence-corrected chi connectivity index (χ3v) is 2.11. The number of nitrogens with zero attached hydrogens (tertiary/aromatic N) is 1. The zero-order chi connectivity index (χ0) is 13.3. The molecule has 0 fully saturated rings. The van der Waals surface area contributed by atoms with Gasteiger partial charge in [0.2, 0.25) is 5.89 Å². The lowest BCUT2D eigenvalue weighted by Gasteiger charge is -2.05. The van der Waals surface area contributed by atoms with E-state index in [0.717, 1.165) is 18.2 Å². The Bertz CT molecular complexity index is 628. The molecule has 0 spiro atoms. The van der Waals surface area contributed by atoms with Crippen molar-refractivity contribution in [3.05, 3.63) is 35.7 Å². The van der Waals surface area contributed by atoms with E-state index in [0.29, 0.717) is 0 Å². The van der Waals surface area contributed by atoms with Gasteiger partial charge in [0.25, 0.3) is 0 Å². The van der Waals surface area contributed by atoms with Gasteiger partial charge in [-0.2, -0.15) is 13.2 Å². The van der Waals surface area contributed by atoms with Crippen molar-refractivity contribution in [1.29, 1.82) is 0 Å². The predicted octanol–water partition coefficient (Wildman–Crippen LogP) is 2.94. The fourth-order valence-electron chi connectivity index (χ4n) is 1.41. The van der Waals surface area contributed by atoms with E-state index in [9.17, 15) is 18.0 Å². The van der Waals surface area contributed by atoms with Gasteiger partial charge >= 0.3 is 12.1 Å². The summed E-state index contributed by atoms with van der Waals surface area (Å²) in [5, 5.41) is 8.40. The first-order valence-electron chi connectivity index (χ1n) is 4.75. The van der Waals surface area contributed by atoms with Crippen molar-refractivity contribution < 1.29 is 27.5 Å². The van der Waals surface area contributed by atoms with Crippen LogP contribution in [0.2, 0.25) is 0 Å². The number of rotatable bonds is 2. The summed E-state index contributed by atoms with van der Waals surface area (Å²) in [4.78, 5) is 13.9. The van der Waals surface area contributed by atoms with Crippen LogP contribution in [-0.4, -0.2) is 16.1 Å². The van der Waals surface area contributed by atoms with E-state index < -0.39 is 17.7 Å². The zero-order valence-electron chi connectivity index (χ0n) is 8.73. The van der Waals surface area contributed by atoms with Crippen LogP contribution in [0.25, 0.3) is 17.2 Å². The number of aliphatic carboxylic acids is 1. The van der Waals surface area contributed by atoms with Crippen LogP contribution in [0.1, 0.15) is 11.5 Å². The number of carbonyl (C=O) groups is 1. The number of para-hydroxylation sites is 1. The van der Waals surface area contributed by atoms with Crippen molar-refractivity contribution in [3.8, 4) is 0 Å². The molecule has 4 nitrogen and oxygen atoms in total. The fourth-order valence-corrected chi connectivity index (χ4v) is 1.41. The number of halogens is 3. The number of hydrogen-bond donors (Lipinski definition) is 1. The van der Waals surface area contributed by atoms with E-state index in [1.54, 1.807) is 0 Å². The van der Waals surface area contributed by atoms with Crippen LogP contribution in [-0.2, 0) is 11.0 Å². The van der Waals surface area contributed by atoms with Crippen molar-refractivity contribution in [2.24, 2.45) is 0 Å². The number of benzene rings is 1. The molecule has 94 valence electrons. The molecule has 1 N–H and O–H groups in total. The Kier molecular flexibility index (Phi) is 2.82. The number of hydrogen-bond acceptors (Lipinski definition) is 3. The second-order valence-corrected chi connectivity index (χ2v) is 3.37. The standard InChI is InChI=1S/C11H6F3NO3/c12-11(13,14)6-2-1-3-7-10(6)15-8(18-7)4-5-9(16)17/h1-5H,(H,16,17)/b5-4+. The maximum absolute atomic E-state index is 12.6. The molecular weight excluding hydrogens is 251 g/mol. The molecule has 0 aliphatic heterocycles. The fraction of sp³-hybridized carbons (Fsp3) is 0.0909. The molecule has 1 aromatic heterocycles. The lowest BCUT2D eigenvalue weighted by Crippen LogP contribution is -2.05. The molecule has 0 atom stereocenters. The normalized spacial score (nSPS) is 12.4. The predicted molar refractivity (Wildman–Crippen MR) is 55.7 cm³/mol. The van der Waals surface area contributed by atoms with E-state index in [1.807, 2.05) is 0 Å². The minimum atomic E-state index is -4.54. The van der Waals surface area contributed by atoms with E-state index in [-0.39, 0.29) is 17.0 Å². The summed E-state index contributed by atoms with van der Waals surface area (Å²) < 4.78 is 42.9. The number of carboxylic acid groups (broad SMARTS) is 1. The number of oxazole rings is 1. The van der Waals surface area contributed by atoms with Crippen LogP contribution < -0.4 is 0 Å². The summed E-state index contributed by atoms with van der Waals surface area (Å²) in [6, 6.07) is 3.41. The molecule has 0 saturated carbocycles. The summed E-state index contributed by atoms with van der Waals surface area (Å²) >= 11 is 0. The van der Waals surface area contributed by atoms with E-state index in [2.05, 4.69) is 4.98 Å². The first-order chi connectivity index (χ1) is 8.38. The molecule has 0 radical (unpaired) electrons. The van der Waals surface area contributed by atoms with Crippen LogP contribution in [0.15, 0.2) is 28.7 Å². The molecule has 7 heteroatoms. The Morgan fingerprint density at radius 1 is 1.39 bits per heavy atom. The summed E-state index contributed by atoms with van der Waals surface area (Å²) in [5.41, 5.74) is -1.30. The maximum Gasteiger partial charge on any atom is 0.418 e. The van der Waals surface area contributed by atoms with E-state index in [4.69, 9.17) is 9.52 Å². The second-order valence-electron chi connectivity index (χ2n) is 3.37. The third-order valence-electron chi connectivity index (χ3n) is 2.11. The average molecular weight is 257 g/mol. The highest BCUT2D eigenvalue weighted by molar-refractivity contribution is 5.85. The van der Waals surface area contributed by atoms with Gasteiger partial charge in [-0.3, -0.25) is 0 Å². The van der Waals surface area contributed by atoms with Crippen molar-refractivity contribution in [1.82, 2.24) is 4.98 Å². The highest BCUT2D eigenvalue weighted by Crippen LogP contribution is 2.34. The van der Waals surface area contributed by atoms with Crippen molar-refractivity contribution >= 4 is 23.1 Å². The largest absolute Gasteiger partial charge is 0.478 e. The van der Waals surface area contributed by atoms with Gasteiger partial charge in [0.15, 0.2) is 5.58 Å². The van der Waals surface area contributed by atoms with Gasteiger partial charge < -0.3 is 9.52 Å². The highest BCUT2D eigenvalue weighted by atomic mass is 19.4. The molecule has 0 aliphatic carbocycles. The monoisotopic (exact) mass is 257 g/mol. The highest BCUT2D eigenvalue weighted by Gasteiger charge is 2.34. The Balaban J connectivity index is 2.55. The van der Waals surface area contributed by atoms with Crippen LogP contribution in [0.4, 0.5) is 13.2 Å². The summed E-state index contributed by atoms with van der Waals surface area (Å²) in [6.45, 7) is 0. The number of fused-ring (bicyclic) bond motifs is 1. The first kappa shape index (κ1) is 12.2. The van der Waals surface area contributed by atoms with Gasteiger partial charge in [0.05, 0.1) is 5.56 Å². The number of alkyl halides is 3. The Labute approximate surface area is 98.3 Å². The molecule has 2 rings (SSSR count). The van der Waals surface area contributed by atoms with Crippen LogP contribution in [0.3, 0.4) is 0 Å². The Hall–Kier alpha value is -2.31. The van der Waals surface area contributed by atoms with E-state index in [1.165, 1.54) is 12.1 Å². The van der Waals surface area contributed by atoms with Gasteiger partial charge in [-0.1, -0.05) is 6.07 Å². The SMILES string of the molecule is O=C(O)/C=C/c1nc2c(C(F)(F)F)cccc2o1. The minimum absolute atomic E-state index is 0.0464. The molecule has 0 bridgehead atoms. The lowest BCUT2D eigenvalue weighted by atomic mass is 10.2. The van der Waals surface area contributed by atoms with Crippen molar-refractivity contribution in [2.75, 3.05) is 0 Å².